The molecule has 22 heavy (non-hydrogen) atoms. The first-order valence-corrected chi connectivity index (χ1v) is 7.19. The van der Waals surface area contributed by atoms with E-state index in [-0.39, 0.29) is 24.4 Å². The van der Waals surface area contributed by atoms with Gasteiger partial charge in [-0.1, -0.05) is 6.07 Å². The van der Waals surface area contributed by atoms with E-state index in [4.69, 9.17) is 0 Å². The first-order chi connectivity index (χ1) is 10.6. The van der Waals surface area contributed by atoms with E-state index >= 15 is 0 Å². The molecule has 0 radical (unpaired) electrons. The minimum atomic E-state index is -0.314. The molecule has 2 N–H and O–H groups in total. The van der Waals surface area contributed by atoms with Crippen molar-refractivity contribution in [2.75, 3.05) is 6.54 Å². The molecule has 7 heteroatoms. The summed E-state index contributed by atoms with van der Waals surface area (Å²) in [5.41, 5.74) is 1.11. The molecule has 2 amide bonds. The van der Waals surface area contributed by atoms with Crippen LogP contribution >= 0.6 is 0 Å². The fourth-order valence-corrected chi connectivity index (χ4v) is 2.10. The summed E-state index contributed by atoms with van der Waals surface area (Å²) in [6.07, 6.45) is 5.20. The molecule has 1 aliphatic carbocycles. The van der Waals surface area contributed by atoms with E-state index in [1.807, 2.05) is 18.2 Å². The summed E-state index contributed by atoms with van der Waals surface area (Å²) < 4.78 is 1.60. The Morgan fingerprint density at radius 2 is 2.18 bits per heavy atom. The lowest BCUT2D eigenvalue weighted by atomic mass is 10.2. The number of pyridine rings is 1. The number of hydrogen-bond donors (Lipinski definition) is 2. The number of carbonyl (C=O) groups excluding carboxylic acids is 2. The third kappa shape index (κ3) is 3.13. The van der Waals surface area contributed by atoms with Crippen molar-refractivity contribution in [3.05, 3.63) is 41.9 Å². The molecule has 1 fully saturated rings. The molecule has 0 spiro atoms. The molecule has 2 heterocycles. The summed E-state index contributed by atoms with van der Waals surface area (Å²) >= 11 is 0. The quantitative estimate of drug-likeness (QED) is 0.845. The Kier molecular flexibility index (Phi) is 3.86. The second-order valence-electron chi connectivity index (χ2n) is 5.27. The Morgan fingerprint density at radius 1 is 1.36 bits per heavy atom. The van der Waals surface area contributed by atoms with Gasteiger partial charge in [-0.25, -0.2) is 9.67 Å². The van der Waals surface area contributed by atoms with Crippen LogP contribution in [-0.2, 0) is 4.79 Å². The van der Waals surface area contributed by atoms with Gasteiger partial charge >= 0.3 is 0 Å². The van der Waals surface area contributed by atoms with Crippen molar-refractivity contribution in [1.29, 1.82) is 0 Å². The maximum atomic E-state index is 12.2. The largest absolute Gasteiger partial charge is 0.352 e. The summed E-state index contributed by atoms with van der Waals surface area (Å²) in [7, 11) is 0. The van der Waals surface area contributed by atoms with Crippen LogP contribution in [0.15, 0.2) is 30.6 Å². The monoisotopic (exact) mass is 299 g/mol. The second-order valence-corrected chi connectivity index (χ2v) is 5.27. The number of carbonyl (C=O) groups is 2. The van der Waals surface area contributed by atoms with E-state index in [1.54, 1.807) is 17.8 Å². The van der Waals surface area contributed by atoms with Gasteiger partial charge in [-0.3, -0.25) is 9.59 Å². The highest BCUT2D eigenvalue weighted by Crippen LogP contribution is 2.18. The second kappa shape index (κ2) is 5.97. The lowest BCUT2D eigenvalue weighted by molar-refractivity contribution is -0.120. The van der Waals surface area contributed by atoms with Crippen molar-refractivity contribution in [2.45, 2.75) is 25.8 Å². The maximum Gasteiger partial charge on any atom is 0.255 e. The number of rotatable bonds is 5. The summed E-state index contributed by atoms with van der Waals surface area (Å²) in [5, 5.41) is 9.62. The standard InChI is InChI=1S/C15H17N5O2/c1-10-12(8-18-20(10)13-4-2-3-7-16-13)15(22)17-9-14(21)19-11-5-6-11/h2-4,7-8,11H,5-6,9H2,1H3,(H,17,22)(H,19,21). The maximum absolute atomic E-state index is 12.2. The van der Waals surface area contributed by atoms with E-state index in [9.17, 15) is 9.59 Å². The Labute approximate surface area is 127 Å². The highest BCUT2D eigenvalue weighted by Gasteiger charge is 2.23. The molecule has 0 aromatic carbocycles. The van der Waals surface area contributed by atoms with Crippen molar-refractivity contribution >= 4 is 11.8 Å². The van der Waals surface area contributed by atoms with Gasteiger partial charge in [-0.15, -0.1) is 0 Å². The van der Waals surface area contributed by atoms with Crippen LogP contribution in [0.3, 0.4) is 0 Å². The normalized spacial score (nSPS) is 13.7. The molecule has 3 rings (SSSR count). The first-order valence-electron chi connectivity index (χ1n) is 7.19. The molecule has 0 aliphatic heterocycles. The van der Waals surface area contributed by atoms with E-state index in [2.05, 4.69) is 20.7 Å². The summed E-state index contributed by atoms with van der Waals surface area (Å²) in [4.78, 5) is 27.9. The predicted molar refractivity (Wildman–Crippen MR) is 79.6 cm³/mol. The Morgan fingerprint density at radius 3 is 2.86 bits per heavy atom. The van der Waals surface area contributed by atoms with Gasteiger partial charge in [-0.05, 0) is 31.9 Å². The van der Waals surface area contributed by atoms with Crippen molar-refractivity contribution < 1.29 is 9.59 Å². The lowest BCUT2D eigenvalue weighted by Crippen LogP contribution is -2.37. The van der Waals surface area contributed by atoms with Crippen molar-refractivity contribution in [1.82, 2.24) is 25.4 Å². The van der Waals surface area contributed by atoms with Gasteiger partial charge in [0.1, 0.15) is 0 Å². The van der Waals surface area contributed by atoms with Crippen LogP contribution in [0.2, 0.25) is 0 Å². The average molecular weight is 299 g/mol. The van der Waals surface area contributed by atoms with Crippen LogP contribution in [0.1, 0.15) is 28.9 Å². The minimum Gasteiger partial charge on any atom is -0.352 e. The van der Waals surface area contributed by atoms with Crippen LogP contribution in [0.4, 0.5) is 0 Å². The molecule has 0 bridgehead atoms. The SMILES string of the molecule is Cc1c(C(=O)NCC(=O)NC2CC2)cnn1-c1ccccn1. The third-order valence-electron chi connectivity index (χ3n) is 3.47. The Balaban J connectivity index is 1.65. The number of nitrogens with zero attached hydrogens (tertiary/aromatic N) is 3. The first kappa shape index (κ1) is 14.2. The molecule has 2 aromatic rings. The van der Waals surface area contributed by atoms with Gasteiger partial charge < -0.3 is 10.6 Å². The van der Waals surface area contributed by atoms with Crippen molar-refractivity contribution in [3.63, 3.8) is 0 Å². The minimum absolute atomic E-state index is 0.0243. The molecule has 0 atom stereocenters. The fourth-order valence-electron chi connectivity index (χ4n) is 2.10. The zero-order valence-electron chi connectivity index (χ0n) is 12.2. The van der Waals surface area contributed by atoms with Gasteiger partial charge in [-0.2, -0.15) is 5.10 Å². The van der Waals surface area contributed by atoms with Crippen molar-refractivity contribution in [3.8, 4) is 5.82 Å². The zero-order chi connectivity index (χ0) is 15.5. The van der Waals surface area contributed by atoms with Crippen LogP contribution in [-0.4, -0.2) is 39.2 Å². The van der Waals surface area contributed by atoms with Crippen molar-refractivity contribution in [2.24, 2.45) is 0 Å². The summed E-state index contributed by atoms with van der Waals surface area (Å²) in [6, 6.07) is 5.77. The number of nitrogens with one attached hydrogen (secondary N) is 2. The molecule has 1 saturated carbocycles. The third-order valence-corrected chi connectivity index (χ3v) is 3.47. The van der Waals surface area contributed by atoms with E-state index in [0.717, 1.165) is 12.8 Å². The van der Waals surface area contributed by atoms with Gasteiger partial charge in [0.2, 0.25) is 5.91 Å². The summed E-state index contributed by atoms with van der Waals surface area (Å²) in [6.45, 7) is 1.77. The number of aromatic nitrogens is 3. The average Bonchev–Trinajstić information content (AvgIpc) is 3.25. The van der Waals surface area contributed by atoms with Gasteiger partial charge in [0.25, 0.3) is 5.91 Å². The van der Waals surface area contributed by atoms with Gasteiger partial charge in [0.05, 0.1) is 24.0 Å². The number of amides is 2. The van der Waals surface area contributed by atoms with E-state index in [1.165, 1.54) is 6.20 Å². The topological polar surface area (TPSA) is 88.9 Å². The fraction of sp³-hybridized carbons (Fsp3) is 0.333. The molecule has 1 aliphatic rings. The van der Waals surface area contributed by atoms with Crippen LogP contribution in [0.5, 0.6) is 0 Å². The highest BCUT2D eigenvalue weighted by atomic mass is 16.2. The van der Waals surface area contributed by atoms with Gasteiger partial charge in [0, 0.05) is 12.2 Å². The van der Waals surface area contributed by atoms with E-state index in [0.29, 0.717) is 17.1 Å². The molecule has 7 nitrogen and oxygen atoms in total. The molecule has 0 saturated heterocycles. The lowest BCUT2D eigenvalue weighted by Gasteiger charge is -2.06. The van der Waals surface area contributed by atoms with Crippen LogP contribution < -0.4 is 10.6 Å². The van der Waals surface area contributed by atoms with Crippen LogP contribution in [0.25, 0.3) is 5.82 Å². The Hall–Kier alpha value is -2.70. The molecular weight excluding hydrogens is 282 g/mol. The van der Waals surface area contributed by atoms with E-state index < -0.39 is 0 Å². The Bertz CT molecular complexity index is 691. The number of hydrogen-bond acceptors (Lipinski definition) is 4. The highest BCUT2D eigenvalue weighted by molar-refractivity contribution is 5.97. The molecule has 114 valence electrons. The molecule has 2 aromatic heterocycles. The smallest absolute Gasteiger partial charge is 0.255 e. The predicted octanol–water partition coefficient (Wildman–Crippen LogP) is 0.584. The molecular formula is C15H17N5O2. The summed E-state index contributed by atoms with van der Waals surface area (Å²) in [5.74, 6) is 0.168. The molecule has 0 unspecified atom stereocenters. The zero-order valence-corrected chi connectivity index (χ0v) is 12.2. The van der Waals surface area contributed by atoms with Crippen LogP contribution in [0, 0.1) is 6.92 Å². The van der Waals surface area contributed by atoms with Gasteiger partial charge in [0.15, 0.2) is 5.82 Å².